The van der Waals surface area contributed by atoms with Gasteiger partial charge in [0, 0.05) is 121 Å². The number of halogens is 19. The number of carbonyl (C=O) groups excluding carboxylic acids is 2. The molecule has 0 aromatic carbocycles. The van der Waals surface area contributed by atoms with Crippen LogP contribution < -0.4 is 5.32 Å². The SMILES string of the molecule is C[C@@H]1N[C@H](C(=O)CCc2cc(-c3cnc(C(F)(F)F)nc3)ncc2C(F)(F)F)C[C@H]1F.C[C@H]1[C@H](F)C[C@@H](C(=O)CCc2cc(-c3cnc(C(F)(F)F)nc3)ncc2C(F)(F)F)N1S(=O)(=O)c1cc2c(Cl)nccc2o1.Cl.Clc1nccc2occc12.O=S(=O)(Cl)c1cc2c(Cl)nccc2o1. The molecular weight excluding hydrogens is 1510 g/mol. The van der Waals surface area contributed by atoms with Crippen molar-refractivity contribution in [3.8, 4) is 22.5 Å². The van der Waals surface area contributed by atoms with Crippen LogP contribution in [0, 0.1) is 0 Å². The molecule has 2 aliphatic heterocycles. The molecule has 2 aliphatic rings. The Morgan fingerprint density at radius 2 is 0.980 bits per heavy atom. The summed E-state index contributed by atoms with van der Waals surface area (Å²) in [7, 11) is -3.39. The molecular formula is C59H44Cl5F14N11O9S2. The molecule has 534 valence electrons. The van der Waals surface area contributed by atoms with Gasteiger partial charge in [0.15, 0.2) is 5.78 Å². The summed E-state index contributed by atoms with van der Waals surface area (Å²) in [5.74, 6) is -4.13. The number of hydrogen-bond acceptors (Lipinski definition) is 19. The number of carbonyl (C=O) groups is 2. The number of Topliss-reactive ketones (excluding diaryl/α,β-unsaturated/α-hetero) is 2. The van der Waals surface area contributed by atoms with Crippen LogP contribution in [0.4, 0.5) is 61.5 Å². The maximum absolute atomic E-state index is 14.9. The van der Waals surface area contributed by atoms with Gasteiger partial charge >= 0.3 is 24.7 Å². The molecule has 0 saturated carbocycles. The molecule has 100 heavy (non-hydrogen) atoms. The monoisotopic (exact) mass is 1560 g/mol. The Kier molecular flexibility index (Phi) is 24.0. The highest BCUT2D eigenvalue weighted by Gasteiger charge is 2.50. The number of rotatable bonds is 13. The van der Waals surface area contributed by atoms with Crippen LogP contribution in [0.25, 0.3) is 55.4 Å². The van der Waals surface area contributed by atoms with Crippen LogP contribution in [0.15, 0.2) is 134 Å². The van der Waals surface area contributed by atoms with Crippen LogP contribution in [0.2, 0.25) is 15.5 Å². The predicted molar refractivity (Wildman–Crippen MR) is 332 cm³/mol. The molecule has 0 unspecified atom stereocenters. The molecule has 0 aliphatic carbocycles. The summed E-state index contributed by atoms with van der Waals surface area (Å²) < 4.78 is 251. The molecule has 12 rings (SSSR count). The van der Waals surface area contributed by atoms with Crippen molar-refractivity contribution in [2.75, 3.05) is 0 Å². The highest BCUT2D eigenvalue weighted by atomic mass is 35.7. The standard InChI is InChI=1S/C26H19ClF7N5O4S.C19H17F7N4O.C7H3Cl2NO3S.C7H4ClNO.ClH/c1-12-17(28)8-19(39(12)44(41,42)22-7-15-21(43-22)4-5-35-23(15)27)20(40)3-2-13-6-18(36-11-16(13)25(29,30)31)14-9-37-24(38-10-14)26(32,33)34;1-9-13(20)5-15(30-9)16(31)3-2-10-4-14(27-8-12(10)18(21,22)23)11-6-28-17(29-7-11)19(24,25)26;8-7-4-3-6(14(9,11)12)13-5(4)1-2-10-7;8-7-5-2-4-10-6(5)1-3-9-7;/h4-7,9-12,17,19H,2-3,8H2,1H3;4,6-9,13,15,30H,2-3,5H2,1H3;1-3H;1-4H;1H/t12-,17+,19-;9-,13+,15-;;;/m00.../s1. The van der Waals surface area contributed by atoms with Crippen molar-refractivity contribution in [1.82, 2.24) is 54.5 Å². The van der Waals surface area contributed by atoms with Gasteiger partial charge < -0.3 is 18.6 Å². The van der Waals surface area contributed by atoms with Gasteiger partial charge in [0.1, 0.15) is 50.3 Å². The number of alkyl halides is 14. The highest BCUT2D eigenvalue weighted by Crippen LogP contribution is 2.40. The molecule has 1 N–H and O–H groups in total. The van der Waals surface area contributed by atoms with E-state index in [0.717, 1.165) is 54.0 Å². The highest BCUT2D eigenvalue weighted by molar-refractivity contribution is 8.13. The number of nitrogens with zero attached hydrogens (tertiary/aromatic N) is 10. The number of ketones is 2. The molecule has 20 nitrogen and oxygen atoms in total. The van der Waals surface area contributed by atoms with Crippen LogP contribution in [-0.2, 0) is 66.2 Å². The van der Waals surface area contributed by atoms with E-state index < -0.39 is 145 Å². The van der Waals surface area contributed by atoms with E-state index in [1.807, 2.05) is 0 Å². The van der Waals surface area contributed by atoms with Crippen molar-refractivity contribution in [2.24, 2.45) is 0 Å². The maximum atomic E-state index is 14.9. The van der Waals surface area contributed by atoms with Crippen molar-refractivity contribution in [3.63, 3.8) is 0 Å². The molecule has 2 saturated heterocycles. The number of hydrogen-bond donors (Lipinski definition) is 1. The Balaban J connectivity index is 0.000000194. The van der Waals surface area contributed by atoms with E-state index in [0.29, 0.717) is 32.8 Å². The molecule has 41 heteroatoms. The summed E-state index contributed by atoms with van der Waals surface area (Å²) in [6.07, 6.45) is -14.6. The number of aromatic nitrogens is 9. The Hall–Kier alpha value is -7.84. The lowest BCUT2D eigenvalue weighted by Crippen LogP contribution is -2.44. The number of nitrogens with one attached hydrogen (secondary N) is 1. The van der Waals surface area contributed by atoms with Gasteiger partial charge in [-0.1, -0.05) is 34.8 Å². The zero-order chi connectivity index (χ0) is 72.5. The summed E-state index contributed by atoms with van der Waals surface area (Å²) in [6.45, 7) is 2.82. The average Bonchev–Trinajstić information content (AvgIpc) is 1.58. The number of aryl methyl sites for hydroxylation is 2. The lowest BCUT2D eigenvalue weighted by molar-refractivity contribution is -0.145. The first-order valence-electron chi connectivity index (χ1n) is 28.3. The lowest BCUT2D eigenvalue weighted by Gasteiger charge is -2.25. The molecule has 0 bridgehead atoms. The summed E-state index contributed by atoms with van der Waals surface area (Å²) in [5, 5.41) is 3.88. The van der Waals surface area contributed by atoms with Gasteiger partial charge in [0.05, 0.1) is 63.1 Å². The fourth-order valence-electron chi connectivity index (χ4n) is 10.1. The summed E-state index contributed by atoms with van der Waals surface area (Å²) in [5.41, 5.74) is -2.21. The number of furan rings is 3. The van der Waals surface area contributed by atoms with E-state index in [2.05, 4.69) is 50.2 Å². The van der Waals surface area contributed by atoms with Crippen LogP contribution in [-0.4, -0.2) is 114 Å². The maximum Gasteiger partial charge on any atom is 0.451 e. The summed E-state index contributed by atoms with van der Waals surface area (Å²) in [4.78, 5) is 57.1. The van der Waals surface area contributed by atoms with Gasteiger partial charge in [-0.3, -0.25) is 19.6 Å². The van der Waals surface area contributed by atoms with Crippen LogP contribution >= 0.6 is 57.9 Å². The molecule has 2 fully saturated rings. The van der Waals surface area contributed by atoms with Crippen molar-refractivity contribution < 1.29 is 101 Å². The lowest BCUT2D eigenvalue weighted by atomic mass is 9.98. The van der Waals surface area contributed by atoms with Gasteiger partial charge in [0.25, 0.3) is 19.1 Å². The van der Waals surface area contributed by atoms with Gasteiger partial charge in [-0.05, 0) is 74.2 Å². The fourth-order valence-corrected chi connectivity index (χ4v) is 13.2. The zero-order valence-electron chi connectivity index (χ0n) is 50.3. The minimum absolute atomic E-state index is 0. The molecule has 6 atom stereocenters. The first kappa shape index (κ1) is 77.9. The Bertz CT molecular complexity index is 4830. The van der Waals surface area contributed by atoms with E-state index in [4.69, 9.17) is 58.7 Å². The normalized spacial score (nSPS) is 18.4. The van der Waals surface area contributed by atoms with Crippen molar-refractivity contribution in [2.45, 2.75) is 124 Å². The van der Waals surface area contributed by atoms with Crippen LogP contribution in [0.5, 0.6) is 0 Å². The van der Waals surface area contributed by atoms with Crippen molar-refractivity contribution in [1.29, 1.82) is 0 Å². The van der Waals surface area contributed by atoms with Gasteiger partial charge in [-0.15, -0.1) is 12.4 Å². The average molecular weight is 1560 g/mol. The molecule has 0 amide bonds. The minimum atomic E-state index is -4.92. The summed E-state index contributed by atoms with van der Waals surface area (Å²) in [6, 6.07) is 6.56. The summed E-state index contributed by atoms with van der Waals surface area (Å²) >= 11 is 17.4. The largest absolute Gasteiger partial charge is 0.464 e. The van der Waals surface area contributed by atoms with Crippen molar-refractivity contribution in [3.05, 3.63) is 160 Å². The van der Waals surface area contributed by atoms with E-state index in [1.54, 1.807) is 31.5 Å². The molecule has 0 spiro atoms. The van der Waals surface area contributed by atoms with E-state index in [9.17, 15) is 87.9 Å². The smallest absolute Gasteiger partial charge is 0.451 e. The predicted octanol–water partition coefficient (Wildman–Crippen LogP) is 15.5. The second kappa shape index (κ2) is 30.8. The second-order valence-electron chi connectivity index (χ2n) is 21.6. The third kappa shape index (κ3) is 18.3. The van der Waals surface area contributed by atoms with E-state index in [-0.39, 0.29) is 86.1 Å². The van der Waals surface area contributed by atoms with Crippen molar-refractivity contribution >= 4 is 121 Å². The second-order valence-corrected chi connectivity index (χ2v) is 26.9. The van der Waals surface area contributed by atoms with Crippen LogP contribution in [0.3, 0.4) is 0 Å². The first-order valence-corrected chi connectivity index (χ1v) is 33.1. The van der Waals surface area contributed by atoms with E-state index in [1.165, 1.54) is 37.5 Å². The van der Waals surface area contributed by atoms with Gasteiger partial charge in [0.2, 0.25) is 21.8 Å². The van der Waals surface area contributed by atoms with Gasteiger partial charge in [-0.25, -0.2) is 60.5 Å². The number of pyridine rings is 5. The van der Waals surface area contributed by atoms with Gasteiger partial charge in [-0.2, -0.15) is 57.0 Å². The first-order chi connectivity index (χ1) is 46.2. The molecule has 10 aromatic heterocycles. The van der Waals surface area contributed by atoms with E-state index >= 15 is 0 Å². The molecule has 12 heterocycles. The quantitative estimate of drug-likeness (QED) is 0.0638. The molecule has 0 radical (unpaired) electrons. The third-order valence-corrected chi connectivity index (χ3v) is 18.9. The zero-order valence-corrected chi connectivity index (χ0v) is 55.7. The topological polar surface area (TPSA) is 273 Å². The fraction of sp³-hybridized carbons (Fsp3) is 0.305. The Labute approximate surface area is 580 Å². The molecule has 10 aromatic rings. The number of fused-ring (bicyclic) bond motifs is 3. The minimum Gasteiger partial charge on any atom is -0.464 e. The Morgan fingerprint density at radius 1 is 0.550 bits per heavy atom. The van der Waals surface area contributed by atoms with Crippen LogP contribution in [0.1, 0.15) is 73.4 Å². The third-order valence-electron chi connectivity index (χ3n) is 15.0. The number of sulfonamides is 1. The Morgan fingerprint density at radius 3 is 1.39 bits per heavy atom.